The number of hydrogen-bond acceptors (Lipinski definition) is 6. The molecule has 8 nitrogen and oxygen atoms in total. The van der Waals surface area contributed by atoms with Gasteiger partial charge >= 0.3 is 12.1 Å². The van der Waals surface area contributed by atoms with Crippen molar-refractivity contribution in [3.8, 4) is 0 Å². The van der Waals surface area contributed by atoms with Gasteiger partial charge in [0.05, 0.1) is 18.8 Å². The zero-order valence-electron chi connectivity index (χ0n) is 19.8. The monoisotopic (exact) mass is 497 g/mol. The van der Waals surface area contributed by atoms with Crippen LogP contribution in [0.3, 0.4) is 0 Å². The summed E-state index contributed by atoms with van der Waals surface area (Å²) in [5.41, 5.74) is 2.05. The maximum absolute atomic E-state index is 12.9. The molecule has 2 aliphatic rings. The molecule has 0 unspecified atom stereocenters. The van der Waals surface area contributed by atoms with Crippen LogP contribution in [0.4, 0.5) is 13.2 Å². The Morgan fingerprint density at radius 1 is 1.20 bits per heavy atom. The van der Waals surface area contributed by atoms with Crippen LogP contribution in [0.2, 0.25) is 0 Å². The van der Waals surface area contributed by atoms with Crippen molar-refractivity contribution >= 4 is 11.9 Å². The van der Waals surface area contributed by atoms with Gasteiger partial charge in [0.25, 0.3) is 5.91 Å². The van der Waals surface area contributed by atoms with Gasteiger partial charge in [0, 0.05) is 50.5 Å². The van der Waals surface area contributed by atoms with Crippen molar-refractivity contribution in [1.29, 1.82) is 0 Å². The van der Waals surface area contributed by atoms with Crippen molar-refractivity contribution in [2.45, 2.75) is 39.4 Å². The van der Waals surface area contributed by atoms with E-state index < -0.39 is 12.1 Å². The lowest BCUT2D eigenvalue weighted by Crippen LogP contribution is -2.48. The molecule has 0 atom stereocenters. The first-order valence-corrected chi connectivity index (χ1v) is 11.3. The number of piperidine rings is 1. The predicted octanol–water partition coefficient (Wildman–Crippen LogP) is 3.68. The fourth-order valence-corrected chi connectivity index (χ4v) is 4.47. The van der Waals surface area contributed by atoms with Crippen LogP contribution in [0.1, 0.15) is 40.3 Å². The lowest BCUT2D eigenvalue weighted by atomic mass is 9.78. The van der Waals surface area contributed by atoms with Crippen LogP contribution in [0.25, 0.3) is 0 Å². The smallest absolute Gasteiger partial charge is 0.475 e. The highest BCUT2D eigenvalue weighted by molar-refractivity contribution is 5.95. The van der Waals surface area contributed by atoms with Crippen LogP contribution in [0.5, 0.6) is 0 Å². The molecular formula is C24H30F3N3O5. The van der Waals surface area contributed by atoms with E-state index >= 15 is 0 Å². The van der Waals surface area contributed by atoms with Crippen LogP contribution in [0, 0.1) is 19.3 Å². The Morgan fingerprint density at radius 3 is 2.43 bits per heavy atom. The molecule has 2 fully saturated rings. The van der Waals surface area contributed by atoms with Crippen molar-refractivity contribution in [2.24, 2.45) is 5.41 Å². The number of likely N-dealkylation sites (tertiary alicyclic amines) is 1. The Kier molecular flexibility index (Phi) is 8.55. The second-order valence-electron chi connectivity index (χ2n) is 9.05. The van der Waals surface area contributed by atoms with Gasteiger partial charge in [-0.3, -0.25) is 14.7 Å². The number of carboxylic acids is 1. The van der Waals surface area contributed by atoms with Gasteiger partial charge in [0.2, 0.25) is 0 Å². The van der Waals surface area contributed by atoms with Gasteiger partial charge in [-0.2, -0.15) is 13.2 Å². The first-order chi connectivity index (χ1) is 16.5. The highest BCUT2D eigenvalue weighted by atomic mass is 19.4. The SMILES string of the molecule is Cc1cc(C(=O)N2CCC3(CC2)COCCN(Cc2cccnc2)C3)c(C)o1.O=C(O)C(F)(F)F. The third kappa shape index (κ3) is 7.28. The fraction of sp³-hybridized carbons (Fsp3) is 0.542. The molecule has 2 saturated heterocycles. The fourth-order valence-electron chi connectivity index (χ4n) is 4.47. The molecule has 2 aromatic heterocycles. The summed E-state index contributed by atoms with van der Waals surface area (Å²) in [6.07, 6.45) is 0.609. The summed E-state index contributed by atoms with van der Waals surface area (Å²) < 4.78 is 43.3. The second-order valence-corrected chi connectivity index (χ2v) is 9.05. The number of carbonyl (C=O) groups is 2. The number of nitrogens with zero attached hydrogens (tertiary/aromatic N) is 3. The van der Waals surface area contributed by atoms with E-state index in [1.54, 1.807) is 0 Å². The highest BCUT2D eigenvalue weighted by Crippen LogP contribution is 2.35. The van der Waals surface area contributed by atoms with Gasteiger partial charge in [0.1, 0.15) is 11.5 Å². The van der Waals surface area contributed by atoms with Gasteiger partial charge in [-0.25, -0.2) is 4.79 Å². The summed E-state index contributed by atoms with van der Waals surface area (Å²) in [4.78, 5) is 30.5. The molecule has 0 saturated carbocycles. The van der Waals surface area contributed by atoms with Crippen LogP contribution in [-0.4, -0.2) is 77.3 Å². The van der Waals surface area contributed by atoms with Gasteiger partial charge in [-0.15, -0.1) is 0 Å². The summed E-state index contributed by atoms with van der Waals surface area (Å²) >= 11 is 0. The van der Waals surface area contributed by atoms with E-state index in [0.29, 0.717) is 11.3 Å². The molecule has 1 spiro atoms. The lowest BCUT2D eigenvalue weighted by Gasteiger charge is -2.42. The molecule has 1 amide bonds. The van der Waals surface area contributed by atoms with E-state index in [-0.39, 0.29) is 11.3 Å². The molecule has 4 heterocycles. The molecule has 11 heteroatoms. The zero-order valence-corrected chi connectivity index (χ0v) is 19.8. The number of aryl methyl sites for hydroxylation is 2. The molecule has 0 radical (unpaired) electrons. The maximum Gasteiger partial charge on any atom is 0.490 e. The van der Waals surface area contributed by atoms with Crippen molar-refractivity contribution in [3.63, 3.8) is 0 Å². The summed E-state index contributed by atoms with van der Waals surface area (Å²) in [7, 11) is 0. The number of alkyl halides is 3. The van der Waals surface area contributed by atoms with E-state index in [9.17, 15) is 18.0 Å². The second kappa shape index (κ2) is 11.2. The number of rotatable bonds is 3. The molecule has 0 aliphatic carbocycles. The molecule has 35 heavy (non-hydrogen) atoms. The average molecular weight is 498 g/mol. The molecule has 2 aliphatic heterocycles. The first kappa shape index (κ1) is 26.7. The van der Waals surface area contributed by atoms with E-state index in [1.807, 2.05) is 43.3 Å². The number of hydrogen-bond donors (Lipinski definition) is 1. The Labute approximate surface area is 201 Å². The first-order valence-electron chi connectivity index (χ1n) is 11.3. The number of aromatic nitrogens is 1. The van der Waals surface area contributed by atoms with Crippen molar-refractivity contribution in [3.05, 3.63) is 53.2 Å². The summed E-state index contributed by atoms with van der Waals surface area (Å²) in [6.45, 7) is 9.67. The maximum atomic E-state index is 12.9. The van der Waals surface area contributed by atoms with E-state index in [2.05, 4.69) is 16.0 Å². The summed E-state index contributed by atoms with van der Waals surface area (Å²) in [5, 5.41) is 7.12. The summed E-state index contributed by atoms with van der Waals surface area (Å²) in [6, 6.07) is 5.97. The molecule has 2 aromatic rings. The van der Waals surface area contributed by atoms with Gasteiger partial charge in [-0.1, -0.05) is 6.07 Å². The Hall–Kier alpha value is -2.92. The van der Waals surface area contributed by atoms with Crippen molar-refractivity contribution in [2.75, 3.05) is 39.4 Å². The Balaban J connectivity index is 0.000000429. The number of pyridine rings is 1. The third-order valence-corrected chi connectivity index (χ3v) is 6.27. The van der Waals surface area contributed by atoms with Crippen molar-refractivity contribution < 1.29 is 37.0 Å². The minimum absolute atomic E-state index is 0.0888. The standard InChI is InChI=1S/C22H29N3O3.C2HF3O2/c1-17-12-20(18(2)28-17)21(26)25-8-5-22(6-9-25)15-24(10-11-27-16-22)14-19-4-3-7-23-13-19;3-2(4,5)1(6)7/h3-4,7,12-13H,5-6,8-11,14-16H2,1-2H3;(H,6,7). The number of halogens is 3. The van der Waals surface area contributed by atoms with Gasteiger partial charge in [-0.05, 0) is 44.4 Å². The number of carbonyl (C=O) groups excluding carboxylic acids is 1. The highest BCUT2D eigenvalue weighted by Gasteiger charge is 2.40. The lowest BCUT2D eigenvalue weighted by molar-refractivity contribution is -0.192. The van der Waals surface area contributed by atoms with E-state index in [4.69, 9.17) is 19.1 Å². The Bertz CT molecular complexity index is 1000. The average Bonchev–Trinajstić information content (AvgIpc) is 3.02. The number of ether oxygens (including phenoxy) is 1. The molecule has 0 bridgehead atoms. The minimum Gasteiger partial charge on any atom is -0.475 e. The van der Waals surface area contributed by atoms with Crippen molar-refractivity contribution in [1.82, 2.24) is 14.8 Å². The minimum atomic E-state index is -5.08. The molecule has 0 aromatic carbocycles. The largest absolute Gasteiger partial charge is 0.490 e. The van der Waals surface area contributed by atoms with E-state index in [1.165, 1.54) is 5.56 Å². The molecule has 192 valence electrons. The van der Waals surface area contributed by atoms with Gasteiger partial charge in [0.15, 0.2) is 0 Å². The molecular weight excluding hydrogens is 467 g/mol. The Morgan fingerprint density at radius 2 is 1.89 bits per heavy atom. The number of amides is 1. The van der Waals surface area contributed by atoms with Crippen LogP contribution < -0.4 is 0 Å². The van der Waals surface area contributed by atoms with E-state index in [0.717, 1.165) is 64.5 Å². The quantitative estimate of drug-likeness (QED) is 0.691. The van der Waals surface area contributed by atoms with Crippen LogP contribution in [0.15, 0.2) is 35.0 Å². The number of furan rings is 1. The normalized spacial score (nSPS) is 18.5. The zero-order chi connectivity index (χ0) is 25.6. The van der Waals surface area contributed by atoms with Gasteiger partial charge < -0.3 is 19.2 Å². The third-order valence-electron chi connectivity index (χ3n) is 6.27. The summed E-state index contributed by atoms with van der Waals surface area (Å²) in [5.74, 6) is -1.17. The predicted molar refractivity (Wildman–Crippen MR) is 120 cm³/mol. The molecule has 1 N–H and O–H groups in total. The topological polar surface area (TPSA) is 96.1 Å². The number of aliphatic carboxylic acids is 1. The molecule has 4 rings (SSSR count). The number of carboxylic acid groups (broad SMARTS) is 1. The van der Waals surface area contributed by atoms with Crippen LogP contribution in [-0.2, 0) is 16.1 Å². The van der Waals surface area contributed by atoms with Crippen LogP contribution >= 0.6 is 0 Å².